The minimum Gasteiger partial charge on any atom is -0.378 e. The van der Waals surface area contributed by atoms with Crippen LogP contribution in [0.5, 0.6) is 0 Å². The molecule has 1 aliphatic heterocycles. The zero-order valence-electron chi connectivity index (χ0n) is 8.40. The summed E-state index contributed by atoms with van der Waals surface area (Å²) in [5.74, 6) is -0.385. The molecule has 1 aliphatic rings. The van der Waals surface area contributed by atoms with E-state index in [-0.39, 0.29) is 5.91 Å². The molecule has 2 rings (SSSR count). The maximum atomic E-state index is 10.9. The number of carbonyl (C=O) groups excluding carboxylic acids is 1. The van der Waals surface area contributed by atoms with E-state index in [0.29, 0.717) is 11.6 Å². The van der Waals surface area contributed by atoms with Gasteiger partial charge in [-0.1, -0.05) is 12.1 Å². The van der Waals surface area contributed by atoms with Gasteiger partial charge in [-0.15, -0.1) is 0 Å². The molecule has 1 fully saturated rings. The second-order valence-corrected chi connectivity index (χ2v) is 3.68. The van der Waals surface area contributed by atoms with Gasteiger partial charge < -0.3 is 15.8 Å². The highest BCUT2D eigenvalue weighted by molar-refractivity contribution is 5.92. The topological polar surface area (TPSA) is 64.4 Å². The third kappa shape index (κ3) is 2.55. The lowest BCUT2D eigenvalue weighted by Gasteiger charge is -2.27. The smallest absolute Gasteiger partial charge is 0.248 e. The molecule has 15 heavy (non-hydrogen) atoms. The van der Waals surface area contributed by atoms with Crippen LogP contribution in [0.15, 0.2) is 24.3 Å². The van der Waals surface area contributed by atoms with Crippen molar-refractivity contribution in [1.82, 2.24) is 5.32 Å². The highest BCUT2D eigenvalue weighted by atomic mass is 16.5. The lowest BCUT2D eigenvalue weighted by molar-refractivity contribution is -0.00578. The fourth-order valence-electron chi connectivity index (χ4n) is 1.45. The van der Waals surface area contributed by atoms with E-state index in [1.807, 2.05) is 18.2 Å². The van der Waals surface area contributed by atoms with Crippen molar-refractivity contribution in [2.24, 2.45) is 5.73 Å². The molecule has 0 radical (unpaired) electrons. The van der Waals surface area contributed by atoms with E-state index in [2.05, 4.69) is 5.32 Å². The Balaban J connectivity index is 1.94. The van der Waals surface area contributed by atoms with Crippen molar-refractivity contribution in [3.05, 3.63) is 35.4 Å². The minimum absolute atomic E-state index is 0.385. The number of hydrogen-bond acceptors (Lipinski definition) is 3. The van der Waals surface area contributed by atoms with Gasteiger partial charge in [0.1, 0.15) is 0 Å². The molecule has 0 aliphatic carbocycles. The third-order valence-corrected chi connectivity index (χ3v) is 2.44. The summed E-state index contributed by atoms with van der Waals surface area (Å²) >= 11 is 0. The summed E-state index contributed by atoms with van der Waals surface area (Å²) in [6.07, 6.45) is 0. The van der Waals surface area contributed by atoms with Crippen LogP contribution in [-0.4, -0.2) is 25.2 Å². The van der Waals surface area contributed by atoms with Gasteiger partial charge in [-0.05, 0) is 17.7 Å². The van der Waals surface area contributed by atoms with Crippen molar-refractivity contribution in [2.45, 2.75) is 12.6 Å². The normalized spacial score (nSPS) is 16.0. The number of carbonyl (C=O) groups is 1. The van der Waals surface area contributed by atoms with Crippen LogP contribution in [-0.2, 0) is 11.3 Å². The standard InChI is InChI=1S/C11H14N2O2/c12-11(14)9-3-1-2-8(4-9)5-13-10-6-15-7-10/h1-4,10,13H,5-7H2,(H2,12,14). The number of rotatable bonds is 4. The van der Waals surface area contributed by atoms with Gasteiger partial charge in [-0.2, -0.15) is 0 Å². The molecule has 1 aromatic rings. The fraction of sp³-hybridized carbons (Fsp3) is 0.364. The van der Waals surface area contributed by atoms with Crippen molar-refractivity contribution in [3.8, 4) is 0 Å². The lowest BCUT2D eigenvalue weighted by atomic mass is 10.1. The summed E-state index contributed by atoms with van der Waals surface area (Å²) < 4.78 is 5.05. The number of hydrogen-bond donors (Lipinski definition) is 2. The molecule has 0 saturated carbocycles. The molecule has 80 valence electrons. The quantitative estimate of drug-likeness (QED) is 0.743. The van der Waals surface area contributed by atoms with Crippen LogP contribution in [0.3, 0.4) is 0 Å². The number of nitrogens with two attached hydrogens (primary N) is 1. The minimum atomic E-state index is -0.385. The van der Waals surface area contributed by atoms with Crippen LogP contribution in [0.2, 0.25) is 0 Å². The Morgan fingerprint density at radius 1 is 1.53 bits per heavy atom. The molecule has 0 unspecified atom stereocenters. The van der Waals surface area contributed by atoms with Gasteiger partial charge in [0, 0.05) is 12.1 Å². The fourth-order valence-corrected chi connectivity index (χ4v) is 1.45. The van der Waals surface area contributed by atoms with Crippen LogP contribution in [0.1, 0.15) is 15.9 Å². The van der Waals surface area contributed by atoms with E-state index in [4.69, 9.17) is 10.5 Å². The van der Waals surface area contributed by atoms with Gasteiger partial charge in [-0.3, -0.25) is 4.79 Å². The van der Waals surface area contributed by atoms with Gasteiger partial charge in [0.2, 0.25) is 5.91 Å². The summed E-state index contributed by atoms with van der Waals surface area (Å²) in [6, 6.07) is 7.79. The Kier molecular flexibility index (Phi) is 2.99. The summed E-state index contributed by atoms with van der Waals surface area (Å²) in [5, 5.41) is 3.32. The van der Waals surface area contributed by atoms with Gasteiger partial charge in [0.25, 0.3) is 0 Å². The summed E-state index contributed by atoms with van der Waals surface area (Å²) in [4.78, 5) is 10.9. The van der Waals surface area contributed by atoms with Crippen molar-refractivity contribution in [3.63, 3.8) is 0 Å². The maximum Gasteiger partial charge on any atom is 0.248 e. The molecule has 3 N–H and O–H groups in total. The molecular formula is C11H14N2O2. The lowest BCUT2D eigenvalue weighted by Crippen LogP contribution is -2.45. The Hall–Kier alpha value is -1.39. The predicted molar refractivity (Wildman–Crippen MR) is 56.4 cm³/mol. The third-order valence-electron chi connectivity index (χ3n) is 2.44. The largest absolute Gasteiger partial charge is 0.378 e. The predicted octanol–water partition coefficient (Wildman–Crippen LogP) is 0.274. The maximum absolute atomic E-state index is 10.9. The molecule has 4 nitrogen and oxygen atoms in total. The van der Waals surface area contributed by atoms with Gasteiger partial charge in [0.15, 0.2) is 0 Å². The molecular weight excluding hydrogens is 192 g/mol. The van der Waals surface area contributed by atoms with Crippen molar-refractivity contribution >= 4 is 5.91 Å². The Morgan fingerprint density at radius 2 is 2.33 bits per heavy atom. The molecule has 1 saturated heterocycles. The van der Waals surface area contributed by atoms with Crippen LogP contribution in [0, 0.1) is 0 Å². The summed E-state index contributed by atoms with van der Waals surface area (Å²) in [5.41, 5.74) is 6.82. The van der Waals surface area contributed by atoms with Crippen molar-refractivity contribution in [2.75, 3.05) is 13.2 Å². The van der Waals surface area contributed by atoms with Crippen molar-refractivity contribution in [1.29, 1.82) is 0 Å². The SMILES string of the molecule is NC(=O)c1cccc(CNC2COC2)c1. The second kappa shape index (κ2) is 4.42. The summed E-state index contributed by atoms with van der Waals surface area (Å²) in [6.45, 7) is 2.29. The Morgan fingerprint density at radius 3 is 2.93 bits per heavy atom. The molecule has 1 heterocycles. The van der Waals surface area contributed by atoms with E-state index in [1.54, 1.807) is 6.07 Å². The molecule has 0 atom stereocenters. The molecule has 4 heteroatoms. The molecule has 1 amide bonds. The van der Waals surface area contributed by atoms with Gasteiger partial charge in [0.05, 0.1) is 19.3 Å². The number of ether oxygens (including phenoxy) is 1. The first-order chi connectivity index (χ1) is 7.25. The van der Waals surface area contributed by atoms with E-state index < -0.39 is 0 Å². The Labute approximate surface area is 88.4 Å². The molecule has 0 spiro atoms. The molecule has 0 aromatic heterocycles. The number of amides is 1. The number of benzene rings is 1. The first-order valence-corrected chi connectivity index (χ1v) is 4.95. The number of primary amides is 1. The van der Waals surface area contributed by atoms with E-state index in [9.17, 15) is 4.79 Å². The van der Waals surface area contributed by atoms with Crippen LogP contribution >= 0.6 is 0 Å². The van der Waals surface area contributed by atoms with Crippen LogP contribution < -0.4 is 11.1 Å². The van der Waals surface area contributed by atoms with E-state index in [1.165, 1.54) is 0 Å². The average Bonchev–Trinajstić information content (AvgIpc) is 2.16. The summed E-state index contributed by atoms with van der Waals surface area (Å²) in [7, 11) is 0. The van der Waals surface area contributed by atoms with Crippen LogP contribution in [0.25, 0.3) is 0 Å². The molecule has 0 bridgehead atoms. The zero-order chi connectivity index (χ0) is 10.7. The Bertz CT molecular complexity index is 361. The van der Waals surface area contributed by atoms with Gasteiger partial charge >= 0.3 is 0 Å². The van der Waals surface area contributed by atoms with Crippen LogP contribution in [0.4, 0.5) is 0 Å². The van der Waals surface area contributed by atoms with Crippen molar-refractivity contribution < 1.29 is 9.53 Å². The first-order valence-electron chi connectivity index (χ1n) is 4.95. The first kappa shape index (κ1) is 10.1. The number of nitrogens with one attached hydrogen (secondary N) is 1. The monoisotopic (exact) mass is 206 g/mol. The highest BCUT2D eigenvalue weighted by Gasteiger charge is 2.16. The van der Waals surface area contributed by atoms with E-state index >= 15 is 0 Å². The highest BCUT2D eigenvalue weighted by Crippen LogP contribution is 2.06. The molecule has 1 aromatic carbocycles. The average molecular weight is 206 g/mol. The van der Waals surface area contributed by atoms with Gasteiger partial charge in [-0.25, -0.2) is 0 Å². The van der Waals surface area contributed by atoms with E-state index in [0.717, 1.165) is 25.3 Å². The zero-order valence-corrected chi connectivity index (χ0v) is 8.40. The second-order valence-electron chi connectivity index (χ2n) is 3.68.